The number of hydrogen-bond acceptors (Lipinski definition) is 6. The van der Waals surface area contributed by atoms with Crippen LogP contribution in [0, 0.1) is 6.92 Å². The third kappa shape index (κ3) is 8.09. The summed E-state index contributed by atoms with van der Waals surface area (Å²) in [5, 5.41) is 12.4. The number of carboxylic acid groups (broad SMARTS) is 1. The fraction of sp³-hybridized carbons (Fsp3) is 0.562. The first-order valence-electron chi connectivity index (χ1n) is 14.5. The summed E-state index contributed by atoms with van der Waals surface area (Å²) in [6.07, 6.45) is 9.93. The molecule has 0 bridgehead atoms. The van der Waals surface area contributed by atoms with Crippen molar-refractivity contribution in [3.05, 3.63) is 59.2 Å². The maximum absolute atomic E-state index is 13.4. The van der Waals surface area contributed by atoms with Crippen LogP contribution in [-0.2, 0) is 20.8 Å². The number of benzene rings is 2. The first-order chi connectivity index (χ1) is 19.4. The van der Waals surface area contributed by atoms with Crippen LogP contribution < -0.4 is 5.32 Å². The molecule has 0 spiro atoms. The number of methoxy groups -OCH3 is 1. The highest BCUT2D eigenvalue weighted by molar-refractivity contribution is 7.98. The van der Waals surface area contributed by atoms with E-state index in [2.05, 4.69) is 16.3 Å². The van der Waals surface area contributed by atoms with Gasteiger partial charge in [0.1, 0.15) is 6.04 Å². The van der Waals surface area contributed by atoms with Crippen LogP contribution in [0.1, 0.15) is 66.4 Å². The average molecular weight is 569 g/mol. The smallest absolute Gasteiger partial charge is 0.326 e. The molecule has 3 atom stereocenters. The number of aryl methyl sites for hydroxylation is 1. The van der Waals surface area contributed by atoms with E-state index in [0.717, 1.165) is 54.6 Å². The van der Waals surface area contributed by atoms with Crippen LogP contribution in [0.15, 0.2) is 42.5 Å². The molecule has 1 saturated carbocycles. The number of likely N-dealkylation sites (tertiary alicyclic amines) is 1. The minimum absolute atomic E-state index is 0.176. The van der Waals surface area contributed by atoms with E-state index < -0.39 is 12.0 Å². The Kier molecular flexibility index (Phi) is 11.5. The van der Waals surface area contributed by atoms with Gasteiger partial charge in [0, 0.05) is 31.8 Å². The molecule has 7 nitrogen and oxygen atoms in total. The largest absolute Gasteiger partial charge is 0.480 e. The van der Waals surface area contributed by atoms with E-state index in [1.807, 2.05) is 49.6 Å². The SMILES string of the molecule is COC1C[C@@H](COC2CCCCC2)N(Cc2ccc(C(=O)N[C@@H](CCSC)C(=O)O)c(-c3ccccc3C)c2)C1. The zero-order chi connectivity index (χ0) is 28.5. The Morgan fingerprint density at radius 3 is 2.58 bits per heavy atom. The normalized spacial score (nSPS) is 20.9. The number of amides is 1. The Morgan fingerprint density at radius 1 is 1.10 bits per heavy atom. The Labute approximate surface area is 243 Å². The van der Waals surface area contributed by atoms with Gasteiger partial charge >= 0.3 is 5.97 Å². The molecule has 0 aromatic heterocycles. The molecule has 1 heterocycles. The lowest BCUT2D eigenvalue weighted by Crippen LogP contribution is -2.41. The Balaban J connectivity index is 1.56. The van der Waals surface area contributed by atoms with E-state index in [4.69, 9.17) is 9.47 Å². The van der Waals surface area contributed by atoms with Gasteiger partial charge in [-0.2, -0.15) is 11.8 Å². The van der Waals surface area contributed by atoms with Crippen molar-refractivity contribution in [3.63, 3.8) is 0 Å². The van der Waals surface area contributed by atoms with Gasteiger partial charge in [0.15, 0.2) is 0 Å². The molecule has 2 aromatic rings. The van der Waals surface area contributed by atoms with E-state index in [-0.39, 0.29) is 18.1 Å². The maximum atomic E-state index is 13.4. The third-order valence-electron chi connectivity index (χ3n) is 8.26. The number of carbonyl (C=O) groups is 2. The number of nitrogens with one attached hydrogen (secondary N) is 1. The molecule has 1 unspecified atom stereocenters. The number of nitrogens with zero attached hydrogens (tertiary/aromatic N) is 1. The number of aliphatic carboxylic acids is 1. The summed E-state index contributed by atoms with van der Waals surface area (Å²) in [5.41, 5.74) is 4.44. The lowest BCUT2D eigenvalue weighted by atomic mass is 9.93. The van der Waals surface area contributed by atoms with E-state index in [1.54, 1.807) is 18.9 Å². The number of ether oxygens (including phenoxy) is 2. The van der Waals surface area contributed by atoms with E-state index in [0.29, 0.717) is 30.4 Å². The van der Waals surface area contributed by atoms with Gasteiger partial charge in [-0.15, -0.1) is 0 Å². The standard InChI is InChI=1S/C32H44N2O5S/c1-22-9-7-8-12-27(22)29-17-23(13-14-28(29)31(35)33-30(32(36)37)15-16-40-3)19-34-20-26(38-2)18-24(34)21-39-25-10-5-4-6-11-25/h7-9,12-14,17,24-26,30H,4-6,10-11,15-16,18-21H2,1-3H3,(H,33,35)(H,36,37)/t24-,26?,30-/m0/s1. The molecule has 8 heteroatoms. The summed E-state index contributed by atoms with van der Waals surface area (Å²) in [7, 11) is 1.78. The molecular formula is C32H44N2O5S. The average Bonchev–Trinajstić information content (AvgIpc) is 3.36. The van der Waals surface area contributed by atoms with E-state index >= 15 is 0 Å². The second-order valence-corrected chi connectivity index (χ2v) is 12.1. The molecule has 4 rings (SSSR count). The molecule has 2 aromatic carbocycles. The zero-order valence-electron chi connectivity index (χ0n) is 24.1. The van der Waals surface area contributed by atoms with E-state index in [9.17, 15) is 14.7 Å². The predicted molar refractivity (Wildman–Crippen MR) is 161 cm³/mol. The highest BCUT2D eigenvalue weighted by atomic mass is 32.2. The van der Waals surface area contributed by atoms with Crippen molar-refractivity contribution in [1.29, 1.82) is 0 Å². The number of thioether (sulfide) groups is 1. The van der Waals surface area contributed by atoms with Crippen LogP contribution in [0.3, 0.4) is 0 Å². The minimum atomic E-state index is -1.01. The summed E-state index contributed by atoms with van der Waals surface area (Å²) in [4.78, 5) is 27.7. The van der Waals surface area contributed by atoms with Crippen LogP contribution in [0.5, 0.6) is 0 Å². The monoisotopic (exact) mass is 568 g/mol. The zero-order valence-corrected chi connectivity index (χ0v) is 24.9. The van der Waals surface area contributed by atoms with Crippen molar-refractivity contribution in [2.24, 2.45) is 0 Å². The van der Waals surface area contributed by atoms with Crippen molar-refractivity contribution in [1.82, 2.24) is 10.2 Å². The topological polar surface area (TPSA) is 88.1 Å². The predicted octanol–water partition coefficient (Wildman–Crippen LogP) is 5.54. The van der Waals surface area contributed by atoms with Crippen molar-refractivity contribution < 1.29 is 24.2 Å². The molecule has 1 aliphatic heterocycles. The van der Waals surface area contributed by atoms with Crippen molar-refractivity contribution in [3.8, 4) is 11.1 Å². The van der Waals surface area contributed by atoms with Crippen LogP contribution in [0.25, 0.3) is 11.1 Å². The summed E-state index contributed by atoms with van der Waals surface area (Å²) in [6, 6.07) is 13.3. The lowest BCUT2D eigenvalue weighted by Gasteiger charge is -2.28. The van der Waals surface area contributed by atoms with Gasteiger partial charge in [-0.25, -0.2) is 4.79 Å². The van der Waals surface area contributed by atoms with E-state index in [1.165, 1.54) is 19.3 Å². The minimum Gasteiger partial charge on any atom is -0.480 e. The lowest BCUT2D eigenvalue weighted by molar-refractivity contribution is -0.139. The van der Waals surface area contributed by atoms with Crippen molar-refractivity contribution in [2.75, 3.05) is 32.3 Å². The Bertz CT molecular complexity index is 1140. The summed E-state index contributed by atoms with van der Waals surface area (Å²) in [6.45, 7) is 4.31. The highest BCUT2D eigenvalue weighted by Crippen LogP contribution is 2.31. The van der Waals surface area contributed by atoms with Gasteiger partial charge in [0.2, 0.25) is 0 Å². The molecule has 2 fully saturated rings. The number of rotatable bonds is 13. The molecule has 1 saturated heterocycles. The highest BCUT2D eigenvalue weighted by Gasteiger charge is 2.33. The van der Waals surface area contributed by atoms with Crippen LogP contribution in [0.4, 0.5) is 0 Å². The first-order valence-corrected chi connectivity index (χ1v) is 15.9. The molecule has 1 aliphatic carbocycles. The fourth-order valence-corrected chi connectivity index (χ4v) is 6.38. The molecule has 2 aliphatic rings. The maximum Gasteiger partial charge on any atom is 0.326 e. The van der Waals surface area contributed by atoms with Crippen molar-refractivity contribution in [2.45, 2.75) is 82.7 Å². The van der Waals surface area contributed by atoms with Crippen LogP contribution in [0.2, 0.25) is 0 Å². The quantitative estimate of drug-likeness (QED) is 0.328. The summed E-state index contributed by atoms with van der Waals surface area (Å²) in [5.74, 6) is -0.720. The summed E-state index contributed by atoms with van der Waals surface area (Å²) < 4.78 is 12.1. The fourth-order valence-electron chi connectivity index (χ4n) is 5.90. The molecule has 40 heavy (non-hydrogen) atoms. The first kappa shape index (κ1) is 30.6. The molecule has 2 N–H and O–H groups in total. The van der Waals surface area contributed by atoms with Gasteiger partial charge < -0.3 is 19.9 Å². The molecule has 1 amide bonds. The third-order valence-corrected chi connectivity index (χ3v) is 8.91. The van der Waals surface area contributed by atoms with Crippen LogP contribution in [-0.4, -0.2) is 78.4 Å². The number of carboxylic acids is 1. The molecular weight excluding hydrogens is 524 g/mol. The number of hydrogen-bond donors (Lipinski definition) is 2. The van der Waals surface area contributed by atoms with Gasteiger partial charge in [0.25, 0.3) is 5.91 Å². The molecule has 218 valence electrons. The second-order valence-electron chi connectivity index (χ2n) is 11.1. The Hall–Kier alpha value is -2.39. The second kappa shape index (κ2) is 15.0. The van der Waals surface area contributed by atoms with Gasteiger partial charge in [-0.1, -0.05) is 49.6 Å². The Morgan fingerprint density at radius 2 is 1.88 bits per heavy atom. The van der Waals surface area contributed by atoms with Crippen molar-refractivity contribution >= 4 is 23.6 Å². The summed E-state index contributed by atoms with van der Waals surface area (Å²) >= 11 is 1.57. The van der Waals surface area contributed by atoms with Gasteiger partial charge in [0.05, 0.1) is 18.8 Å². The van der Waals surface area contributed by atoms with Gasteiger partial charge in [-0.05, 0) is 79.0 Å². The van der Waals surface area contributed by atoms with Gasteiger partial charge in [-0.3, -0.25) is 9.69 Å². The molecule has 0 radical (unpaired) electrons. The number of carbonyl (C=O) groups excluding carboxylic acids is 1. The van der Waals surface area contributed by atoms with Crippen LogP contribution >= 0.6 is 11.8 Å².